The van der Waals surface area contributed by atoms with Crippen molar-refractivity contribution >= 4 is 17.3 Å². The number of anilines is 2. The lowest BCUT2D eigenvalue weighted by Crippen LogP contribution is -2.21. The first-order valence-electron chi connectivity index (χ1n) is 7.67. The number of rotatable bonds is 5. The summed E-state index contributed by atoms with van der Waals surface area (Å²) in [5, 5.41) is 5.97. The van der Waals surface area contributed by atoms with E-state index < -0.39 is 0 Å². The third-order valence-corrected chi connectivity index (χ3v) is 3.58. The zero-order chi connectivity index (χ0) is 16.9. The van der Waals surface area contributed by atoms with E-state index in [2.05, 4.69) is 31.4 Å². The standard InChI is InChI=1S/C19H24N2O2/c1-19(2,3)14-5-7-16(8-6-14)21-18(22)13-20-15-9-11-17(23-4)12-10-15/h5-12,20H,13H2,1-4H3,(H,21,22). The second-order valence-corrected chi connectivity index (χ2v) is 6.46. The first-order chi connectivity index (χ1) is 10.9. The molecule has 0 radical (unpaired) electrons. The highest BCUT2D eigenvalue weighted by molar-refractivity contribution is 5.93. The zero-order valence-electron chi connectivity index (χ0n) is 14.1. The molecule has 0 unspecified atom stereocenters. The predicted molar refractivity (Wildman–Crippen MR) is 95.3 cm³/mol. The Hall–Kier alpha value is -2.49. The minimum Gasteiger partial charge on any atom is -0.497 e. The smallest absolute Gasteiger partial charge is 0.243 e. The lowest BCUT2D eigenvalue weighted by atomic mass is 9.87. The molecule has 1 amide bonds. The number of ether oxygens (including phenoxy) is 1. The van der Waals surface area contributed by atoms with Gasteiger partial charge in [-0.1, -0.05) is 32.9 Å². The first kappa shape index (κ1) is 16.9. The highest BCUT2D eigenvalue weighted by Crippen LogP contribution is 2.23. The van der Waals surface area contributed by atoms with E-state index in [9.17, 15) is 4.79 Å². The van der Waals surface area contributed by atoms with Crippen molar-refractivity contribution in [1.29, 1.82) is 0 Å². The second-order valence-electron chi connectivity index (χ2n) is 6.46. The van der Waals surface area contributed by atoms with Crippen LogP contribution >= 0.6 is 0 Å². The average Bonchev–Trinajstić information content (AvgIpc) is 2.53. The minimum atomic E-state index is -0.0793. The van der Waals surface area contributed by atoms with Crippen LogP contribution in [0.4, 0.5) is 11.4 Å². The van der Waals surface area contributed by atoms with Gasteiger partial charge in [0.1, 0.15) is 5.75 Å². The second kappa shape index (κ2) is 7.18. The van der Waals surface area contributed by atoms with E-state index in [1.807, 2.05) is 48.5 Å². The molecule has 122 valence electrons. The molecule has 4 nitrogen and oxygen atoms in total. The van der Waals surface area contributed by atoms with Gasteiger partial charge in [0.15, 0.2) is 0 Å². The van der Waals surface area contributed by atoms with Crippen molar-refractivity contribution in [3.8, 4) is 5.75 Å². The topological polar surface area (TPSA) is 50.4 Å². The molecule has 0 bridgehead atoms. The predicted octanol–water partition coefficient (Wildman–Crippen LogP) is 4.04. The third-order valence-electron chi connectivity index (χ3n) is 3.58. The monoisotopic (exact) mass is 312 g/mol. The van der Waals surface area contributed by atoms with E-state index in [0.29, 0.717) is 0 Å². The highest BCUT2D eigenvalue weighted by Gasteiger charge is 2.13. The van der Waals surface area contributed by atoms with Crippen molar-refractivity contribution in [3.63, 3.8) is 0 Å². The van der Waals surface area contributed by atoms with Gasteiger partial charge in [-0.15, -0.1) is 0 Å². The minimum absolute atomic E-state index is 0.0793. The number of methoxy groups -OCH3 is 1. The van der Waals surface area contributed by atoms with Gasteiger partial charge in [0, 0.05) is 11.4 Å². The molecule has 0 spiro atoms. The fourth-order valence-electron chi connectivity index (χ4n) is 2.15. The van der Waals surface area contributed by atoms with Gasteiger partial charge in [0.05, 0.1) is 13.7 Å². The summed E-state index contributed by atoms with van der Waals surface area (Å²) >= 11 is 0. The van der Waals surface area contributed by atoms with Crippen molar-refractivity contribution in [2.75, 3.05) is 24.3 Å². The van der Waals surface area contributed by atoms with Crippen molar-refractivity contribution in [1.82, 2.24) is 0 Å². The fraction of sp³-hybridized carbons (Fsp3) is 0.316. The zero-order valence-corrected chi connectivity index (χ0v) is 14.1. The van der Waals surface area contributed by atoms with Crippen LogP contribution in [0, 0.1) is 0 Å². The summed E-state index contributed by atoms with van der Waals surface area (Å²) in [6.07, 6.45) is 0. The number of benzene rings is 2. The van der Waals surface area contributed by atoms with Crippen LogP contribution in [0.2, 0.25) is 0 Å². The maximum Gasteiger partial charge on any atom is 0.243 e. The lowest BCUT2D eigenvalue weighted by molar-refractivity contribution is -0.114. The van der Waals surface area contributed by atoms with Crippen molar-refractivity contribution in [3.05, 3.63) is 54.1 Å². The molecule has 0 aliphatic heterocycles. The molecule has 23 heavy (non-hydrogen) atoms. The van der Waals surface area contributed by atoms with Crippen LogP contribution < -0.4 is 15.4 Å². The van der Waals surface area contributed by atoms with Crippen molar-refractivity contribution < 1.29 is 9.53 Å². The van der Waals surface area contributed by atoms with Gasteiger partial charge >= 0.3 is 0 Å². The summed E-state index contributed by atoms with van der Waals surface area (Å²) in [5.41, 5.74) is 3.04. The van der Waals surface area contributed by atoms with Gasteiger partial charge < -0.3 is 15.4 Å². The molecule has 0 atom stereocenters. The van der Waals surface area contributed by atoms with Crippen LogP contribution in [0.25, 0.3) is 0 Å². The van der Waals surface area contributed by atoms with Crippen LogP contribution in [-0.2, 0) is 10.2 Å². The Labute approximate surface area is 137 Å². The van der Waals surface area contributed by atoms with E-state index in [0.717, 1.165) is 17.1 Å². The molecule has 0 saturated carbocycles. The van der Waals surface area contributed by atoms with E-state index >= 15 is 0 Å². The Morgan fingerprint density at radius 2 is 1.52 bits per heavy atom. The molecule has 0 aliphatic rings. The van der Waals surface area contributed by atoms with E-state index in [-0.39, 0.29) is 17.9 Å². The van der Waals surface area contributed by atoms with Gasteiger partial charge in [-0.25, -0.2) is 0 Å². The van der Waals surface area contributed by atoms with E-state index in [1.54, 1.807) is 7.11 Å². The summed E-state index contributed by atoms with van der Waals surface area (Å²) in [6.45, 7) is 6.71. The maximum absolute atomic E-state index is 12.0. The Bertz CT molecular complexity index is 641. The Balaban J connectivity index is 1.86. The molecular formula is C19H24N2O2. The lowest BCUT2D eigenvalue weighted by Gasteiger charge is -2.19. The van der Waals surface area contributed by atoms with Gasteiger partial charge in [-0.2, -0.15) is 0 Å². The van der Waals surface area contributed by atoms with Gasteiger partial charge in [-0.3, -0.25) is 4.79 Å². The molecule has 0 fully saturated rings. The molecule has 4 heteroatoms. The van der Waals surface area contributed by atoms with Crippen LogP contribution in [0.3, 0.4) is 0 Å². The molecule has 0 heterocycles. The van der Waals surface area contributed by atoms with Crippen molar-refractivity contribution in [2.45, 2.75) is 26.2 Å². The maximum atomic E-state index is 12.0. The molecule has 0 aromatic heterocycles. The quantitative estimate of drug-likeness (QED) is 0.876. The fourth-order valence-corrected chi connectivity index (χ4v) is 2.15. The van der Waals surface area contributed by atoms with Crippen LogP contribution in [-0.4, -0.2) is 19.6 Å². The van der Waals surface area contributed by atoms with Crippen LogP contribution in [0.1, 0.15) is 26.3 Å². The normalized spacial score (nSPS) is 11.0. The number of hydrogen-bond donors (Lipinski definition) is 2. The summed E-state index contributed by atoms with van der Waals surface area (Å²) in [7, 11) is 1.63. The highest BCUT2D eigenvalue weighted by atomic mass is 16.5. The molecule has 2 rings (SSSR count). The molecule has 2 N–H and O–H groups in total. The van der Waals surface area contributed by atoms with E-state index in [4.69, 9.17) is 4.74 Å². The number of nitrogens with one attached hydrogen (secondary N) is 2. The molecule has 0 saturated heterocycles. The summed E-state index contributed by atoms with van der Waals surface area (Å²) in [4.78, 5) is 12.0. The van der Waals surface area contributed by atoms with Crippen LogP contribution in [0.15, 0.2) is 48.5 Å². The molecular weight excluding hydrogens is 288 g/mol. The third kappa shape index (κ3) is 5.02. The molecule has 0 aliphatic carbocycles. The van der Waals surface area contributed by atoms with E-state index in [1.165, 1.54) is 5.56 Å². The SMILES string of the molecule is COc1ccc(NCC(=O)Nc2ccc(C(C)(C)C)cc2)cc1. The molecule has 2 aromatic carbocycles. The number of carbonyl (C=O) groups is 1. The van der Waals surface area contributed by atoms with Crippen LogP contribution in [0.5, 0.6) is 5.75 Å². The number of carbonyl (C=O) groups excluding carboxylic acids is 1. The average molecular weight is 312 g/mol. The first-order valence-corrected chi connectivity index (χ1v) is 7.67. The molecule has 2 aromatic rings. The Kier molecular flexibility index (Phi) is 5.27. The Morgan fingerprint density at radius 3 is 2.04 bits per heavy atom. The van der Waals surface area contributed by atoms with Gasteiger partial charge in [-0.05, 0) is 47.4 Å². The summed E-state index contributed by atoms with van der Waals surface area (Å²) in [6, 6.07) is 15.4. The van der Waals surface area contributed by atoms with Crippen molar-refractivity contribution in [2.24, 2.45) is 0 Å². The van der Waals surface area contributed by atoms with Gasteiger partial charge in [0.2, 0.25) is 5.91 Å². The largest absolute Gasteiger partial charge is 0.497 e. The summed E-state index contributed by atoms with van der Waals surface area (Å²) in [5.74, 6) is 0.711. The summed E-state index contributed by atoms with van der Waals surface area (Å²) < 4.78 is 5.10. The Morgan fingerprint density at radius 1 is 0.957 bits per heavy atom. The number of hydrogen-bond acceptors (Lipinski definition) is 3. The van der Waals surface area contributed by atoms with Gasteiger partial charge in [0.25, 0.3) is 0 Å². The number of amides is 1.